The molecule has 2 N–H and O–H groups in total. The number of carbonyl (C=O) groups excluding carboxylic acids is 1. The van der Waals surface area contributed by atoms with E-state index in [9.17, 15) is 9.18 Å². The number of nitrogens with zero attached hydrogens (tertiary/aromatic N) is 5. The highest BCUT2D eigenvalue weighted by Crippen LogP contribution is 2.28. The molecule has 11 heteroatoms. The highest BCUT2D eigenvalue weighted by Gasteiger charge is 2.19. The molecule has 2 amide bonds. The summed E-state index contributed by atoms with van der Waals surface area (Å²) in [5.41, 5.74) is -0.0150. The predicted molar refractivity (Wildman–Crippen MR) is 96.6 cm³/mol. The van der Waals surface area contributed by atoms with E-state index in [0.29, 0.717) is 16.2 Å². The van der Waals surface area contributed by atoms with E-state index in [2.05, 4.69) is 46.6 Å². The van der Waals surface area contributed by atoms with Gasteiger partial charge >= 0.3 is 6.03 Å². The van der Waals surface area contributed by atoms with Crippen LogP contribution in [-0.4, -0.2) is 30.8 Å². The maximum absolute atomic E-state index is 13.9. The van der Waals surface area contributed by atoms with Gasteiger partial charge in [0.05, 0.1) is 16.8 Å². The van der Waals surface area contributed by atoms with Crippen molar-refractivity contribution in [1.29, 1.82) is 0 Å². The van der Waals surface area contributed by atoms with Crippen molar-refractivity contribution in [1.82, 2.24) is 30.0 Å². The van der Waals surface area contributed by atoms with E-state index in [1.54, 1.807) is 25.4 Å². The van der Waals surface area contributed by atoms with E-state index in [1.165, 1.54) is 17.1 Å². The summed E-state index contributed by atoms with van der Waals surface area (Å²) in [7, 11) is 0. The Kier molecular flexibility index (Phi) is 5.43. The summed E-state index contributed by atoms with van der Waals surface area (Å²) >= 11 is 8.99. The lowest BCUT2D eigenvalue weighted by Gasteiger charge is -2.15. The first kappa shape index (κ1) is 18.2. The van der Waals surface area contributed by atoms with Crippen LogP contribution in [0.4, 0.5) is 14.9 Å². The smallest absolute Gasteiger partial charge is 0.319 e. The Bertz CT molecular complexity index is 937. The van der Waals surface area contributed by atoms with Gasteiger partial charge in [-0.15, -0.1) is 0 Å². The maximum atomic E-state index is 13.9. The lowest BCUT2D eigenvalue weighted by molar-refractivity contribution is 0.248. The van der Waals surface area contributed by atoms with Crippen molar-refractivity contribution in [2.45, 2.75) is 13.0 Å². The second kappa shape index (κ2) is 7.75. The van der Waals surface area contributed by atoms with Crippen molar-refractivity contribution in [3.63, 3.8) is 0 Å². The van der Waals surface area contributed by atoms with Crippen LogP contribution in [0, 0.1) is 5.82 Å². The van der Waals surface area contributed by atoms with Gasteiger partial charge < -0.3 is 10.6 Å². The number of aromatic nitrogens is 5. The van der Waals surface area contributed by atoms with E-state index in [4.69, 9.17) is 11.6 Å². The molecule has 1 aromatic carbocycles. The van der Waals surface area contributed by atoms with Crippen LogP contribution in [0.15, 0.2) is 41.4 Å². The van der Waals surface area contributed by atoms with E-state index in [-0.39, 0.29) is 10.7 Å². The fourth-order valence-corrected chi connectivity index (χ4v) is 2.63. The summed E-state index contributed by atoms with van der Waals surface area (Å²) < 4.78 is 15.8. The third kappa shape index (κ3) is 3.97. The number of hydrogen-bond donors (Lipinski definition) is 2. The van der Waals surface area contributed by atoms with Crippen LogP contribution in [0.1, 0.15) is 18.8 Å². The van der Waals surface area contributed by atoms with Gasteiger partial charge in [0.15, 0.2) is 5.82 Å². The Hall–Kier alpha value is -2.59. The van der Waals surface area contributed by atoms with Gasteiger partial charge in [-0.3, -0.25) is 0 Å². The minimum atomic E-state index is -0.651. The molecule has 1 atom stereocenters. The molecule has 2 aromatic heterocycles. The fraction of sp³-hybridized carbons (Fsp3) is 0.133. The van der Waals surface area contributed by atoms with Gasteiger partial charge in [-0.25, -0.2) is 24.1 Å². The number of nitrogens with one attached hydrogen (secondary N) is 2. The molecule has 3 aromatic rings. The first-order chi connectivity index (χ1) is 12.5. The zero-order valence-electron chi connectivity index (χ0n) is 13.3. The number of halogens is 3. The van der Waals surface area contributed by atoms with Crippen molar-refractivity contribution >= 4 is 39.2 Å². The summed E-state index contributed by atoms with van der Waals surface area (Å²) in [6.07, 6.45) is 4.47. The minimum absolute atomic E-state index is 0.0150. The molecule has 134 valence electrons. The van der Waals surface area contributed by atoms with Gasteiger partial charge in [0, 0.05) is 16.9 Å². The molecule has 3 rings (SSSR count). The average Bonchev–Trinajstić information content (AvgIpc) is 3.10. The van der Waals surface area contributed by atoms with Gasteiger partial charge in [-0.2, -0.15) is 9.78 Å². The van der Waals surface area contributed by atoms with Gasteiger partial charge in [-0.05, 0) is 41.1 Å². The Morgan fingerprint density at radius 1 is 1.31 bits per heavy atom. The third-order valence-electron chi connectivity index (χ3n) is 3.31. The second-order valence-electron chi connectivity index (χ2n) is 5.15. The topological polar surface area (TPSA) is 97.6 Å². The molecule has 26 heavy (non-hydrogen) atoms. The van der Waals surface area contributed by atoms with Crippen LogP contribution >= 0.6 is 27.5 Å². The highest BCUT2D eigenvalue weighted by molar-refractivity contribution is 9.10. The van der Waals surface area contributed by atoms with Crippen molar-refractivity contribution < 1.29 is 9.18 Å². The van der Waals surface area contributed by atoms with Gasteiger partial charge in [-0.1, -0.05) is 11.6 Å². The lowest BCUT2D eigenvalue weighted by atomic mass is 10.3. The molecule has 0 spiro atoms. The largest absolute Gasteiger partial charge is 0.328 e. The Morgan fingerprint density at radius 3 is 2.77 bits per heavy atom. The van der Waals surface area contributed by atoms with Crippen LogP contribution < -0.4 is 10.6 Å². The molecule has 8 nitrogen and oxygen atoms in total. The van der Waals surface area contributed by atoms with Crippen LogP contribution in [0.5, 0.6) is 0 Å². The van der Waals surface area contributed by atoms with Crippen LogP contribution in [0.25, 0.3) is 5.95 Å². The Balaban J connectivity index is 1.73. The molecule has 0 aliphatic heterocycles. The molecule has 0 bridgehead atoms. The van der Waals surface area contributed by atoms with E-state index in [0.717, 1.165) is 6.07 Å². The van der Waals surface area contributed by atoms with E-state index >= 15 is 0 Å². The fourth-order valence-electron chi connectivity index (χ4n) is 2.14. The first-order valence-electron chi connectivity index (χ1n) is 7.35. The summed E-state index contributed by atoms with van der Waals surface area (Å²) in [6, 6.07) is 3.00. The normalized spacial score (nSPS) is 11.8. The molecule has 0 saturated heterocycles. The number of benzene rings is 1. The number of rotatable bonds is 4. The number of carbonyl (C=O) groups is 1. The molecular weight excluding hydrogens is 429 g/mol. The van der Waals surface area contributed by atoms with E-state index < -0.39 is 17.9 Å². The van der Waals surface area contributed by atoms with Crippen LogP contribution in [0.2, 0.25) is 5.02 Å². The predicted octanol–water partition coefficient (Wildman–Crippen LogP) is 3.50. The van der Waals surface area contributed by atoms with Crippen molar-refractivity contribution in [3.8, 4) is 5.95 Å². The maximum Gasteiger partial charge on any atom is 0.319 e. The van der Waals surface area contributed by atoms with Gasteiger partial charge in [0.25, 0.3) is 5.95 Å². The Labute approximate surface area is 161 Å². The molecular formula is C15H12BrClFN7O. The standard InChI is InChI=1S/C15H12BrClFN7O/c1-8(13-21-7-22-25(13)14-19-3-2-4-20-14)23-15(26)24-12-5-9(16)10(17)6-11(12)18/h2-8H,1H3,(H2,23,24,26). The summed E-state index contributed by atoms with van der Waals surface area (Å²) in [5.74, 6) is 0.0905. The summed E-state index contributed by atoms with van der Waals surface area (Å²) in [6.45, 7) is 1.71. The molecule has 0 aliphatic carbocycles. The quantitative estimate of drug-likeness (QED) is 0.605. The van der Waals surface area contributed by atoms with Gasteiger partial charge in [0.1, 0.15) is 12.1 Å². The number of anilines is 1. The molecule has 2 heterocycles. The van der Waals surface area contributed by atoms with Crippen LogP contribution in [0.3, 0.4) is 0 Å². The molecule has 0 radical (unpaired) electrons. The summed E-state index contributed by atoms with van der Waals surface area (Å²) in [5, 5.41) is 9.35. The Morgan fingerprint density at radius 2 is 2.04 bits per heavy atom. The number of urea groups is 1. The molecule has 0 fully saturated rings. The number of hydrogen-bond acceptors (Lipinski definition) is 5. The second-order valence-corrected chi connectivity index (χ2v) is 6.41. The third-order valence-corrected chi connectivity index (χ3v) is 4.51. The average molecular weight is 441 g/mol. The monoisotopic (exact) mass is 439 g/mol. The minimum Gasteiger partial charge on any atom is -0.328 e. The van der Waals surface area contributed by atoms with Gasteiger partial charge in [0.2, 0.25) is 0 Å². The van der Waals surface area contributed by atoms with Crippen molar-refractivity contribution in [2.75, 3.05) is 5.32 Å². The van der Waals surface area contributed by atoms with Crippen molar-refractivity contribution in [3.05, 3.63) is 58.1 Å². The summed E-state index contributed by atoms with van der Waals surface area (Å²) in [4.78, 5) is 24.5. The molecule has 1 unspecified atom stereocenters. The number of amides is 2. The zero-order valence-corrected chi connectivity index (χ0v) is 15.7. The molecule has 0 aliphatic rings. The lowest BCUT2D eigenvalue weighted by Crippen LogP contribution is -2.33. The zero-order chi connectivity index (χ0) is 18.7. The molecule has 0 saturated carbocycles. The van der Waals surface area contributed by atoms with E-state index in [1.807, 2.05) is 0 Å². The SMILES string of the molecule is CC(NC(=O)Nc1cc(Br)c(Cl)cc1F)c1ncnn1-c1ncccn1. The van der Waals surface area contributed by atoms with Crippen molar-refractivity contribution in [2.24, 2.45) is 0 Å². The highest BCUT2D eigenvalue weighted by atomic mass is 79.9. The van der Waals surface area contributed by atoms with Crippen LogP contribution in [-0.2, 0) is 0 Å². The first-order valence-corrected chi connectivity index (χ1v) is 8.52.